The molecule has 0 bridgehead atoms. The van der Waals surface area contributed by atoms with E-state index in [2.05, 4.69) is 5.10 Å². The van der Waals surface area contributed by atoms with Crippen molar-refractivity contribution >= 4 is 33.4 Å². The van der Waals surface area contributed by atoms with Crippen molar-refractivity contribution in [1.82, 2.24) is 14.7 Å². The average molecular weight is 449 g/mol. The maximum atomic E-state index is 13.5. The van der Waals surface area contributed by atoms with Crippen LogP contribution in [0.4, 0.5) is 4.39 Å². The van der Waals surface area contributed by atoms with Crippen LogP contribution in [0.25, 0.3) is 10.2 Å². The Labute approximate surface area is 188 Å². The lowest BCUT2D eigenvalue weighted by Gasteiger charge is -2.34. The fraction of sp³-hybridized carbons (Fsp3) is 0.208. The van der Waals surface area contributed by atoms with Gasteiger partial charge in [0.1, 0.15) is 16.7 Å². The minimum atomic E-state index is -0.681. The molecule has 2 aromatic carbocycles. The number of primary amides is 1. The lowest BCUT2D eigenvalue weighted by molar-refractivity contribution is -0.122. The summed E-state index contributed by atoms with van der Waals surface area (Å²) >= 11 is 1.35. The second kappa shape index (κ2) is 7.87. The predicted octanol–water partition coefficient (Wildman–Crippen LogP) is 3.65. The number of carbonyl (C=O) groups excluding carboxylic acids is 2. The smallest absolute Gasteiger partial charge is 0.265 e. The summed E-state index contributed by atoms with van der Waals surface area (Å²) in [7, 11) is 0. The lowest BCUT2D eigenvalue weighted by Crippen LogP contribution is -2.51. The molecule has 162 valence electrons. The van der Waals surface area contributed by atoms with Gasteiger partial charge in [0.2, 0.25) is 5.91 Å². The fourth-order valence-corrected chi connectivity index (χ4v) is 5.34. The monoisotopic (exact) mass is 448 g/mol. The third kappa shape index (κ3) is 3.56. The molecule has 4 aromatic rings. The van der Waals surface area contributed by atoms with Gasteiger partial charge in [-0.3, -0.25) is 14.3 Å². The van der Waals surface area contributed by atoms with Gasteiger partial charge in [-0.15, -0.1) is 11.3 Å². The minimum Gasteiger partial charge on any atom is -0.368 e. The number of hydrogen-bond acceptors (Lipinski definition) is 4. The van der Waals surface area contributed by atoms with Crippen LogP contribution in [0.5, 0.6) is 0 Å². The summed E-state index contributed by atoms with van der Waals surface area (Å²) in [6.07, 6.45) is 0.416. The normalized spacial score (nSPS) is 15.7. The van der Waals surface area contributed by atoms with Crippen molar-refractivity contribution in [3.63, 3.8) is 0 Å². The van der Waals surface area contributed by atoms with Crippen molar-refractivity contribution in [1.29, 1.82) is 0 Å². The summed E-state index contributed by atoms with van der Waals surface area (Å²) in [5.74, 6) is -1.00. The van der Waals surface area contributed by atoms with Crippen LogP contribution in [0.15, 0.2) is 54.6 Å². The maximum Gasteiger partial charge on any atom is 0.265 e. The van der Waals surface area contributed by atoms with Gasteiger partial charge in [0.05, 0.1) is 17.1 Å². The second-order valence-electron chi connectivity index (χ2n) is 8.02. The number of nitrogens with zero attached hydrogens (tertiary/aromatic N) is 3. The van der Waals surface area contributed by atoms with Crippen molar-refractivity contribution in [2.24, 2.45) is 5.73 Å². The number of hydrogen-bond donors (Lipinski definition) is 1. The minimum absolute atomic E-state index is 0.211. The van der Waals surface area contributed by atoms with Gasteiger partial charge in [-0.2, -0.15) is 5.10 Å². The summed E-state index contributed by atoms with van der Waals surface area (Å²) < 4.78 is 15.1. The topological polar surface area (TPSA) is 81.2 Å². The van der Waals surface area contributed by atoms with E-state index < -0.39 is 11.9 Å². The number of aryl methyl sites for hydroxylation is 1. The summed E-state index contributed by atoms with van der Waals surface area (Å²) in [5, 5.41) is 5.48. The predicted molar refractivity (Wildman–Crippen MR) is 121 cm³/mol. The Bertz CT molecular complexity index is 1340. The Balaban J connectivity index is 1.48. The van der Waals surface area contributed by atoms with Gasteiger partial charge in [-0.25, -0.2) is 4.39 Å². The average Bonchev–Trinajstić information content (AvgIpc) is 3.35. The highest BCUT2D eigenvalue weighted by molar-refractivity contribution is 7.20. The van der Waals surface area contributed by atoms with Crippen LogP contribution in [0, 0.1) is 12.7 Å². The van der Waals surface area contributed by atoms with Crippen molar-refractivity contribution in [3.05, 3.63) is 87.7 Å². The standard InChI is InChI=1S/C24H21FN4O2S/c1-14-19-11-21(32-24(19)29(27-14)12-15-6-8-18(25)9-7-15)23(31)28-13-17-5-3-2-4-16(17)10-20(28)22(26)30/h2-9,11,20H,10,12-13H2,1H3,(H2,26,30)/t20-/m0/s1. The zero-order valence-corrected chi connectivity index (χ0v) is 18.2. The quantitative estimate of drug-likeness (QED) is 0.518. The van der Waals surface area contributed by atoms with Crippen LogP contribution in [0.1, 0.15) is 32.1 Å². The molecule has 0 spiro atoms. The number of halogens is 1. The van der Waals surface area contributed by atoms with Crippen LogP contribution >= 0.6 is 11.3 Å². The molecule has 0 saturated heterocycles. The number of thiophene rings is 1. The van der Waals surface area contributed by atoms with Gasteiger partial charge in [0, 0.05) is 18.4 Å². The number of nitrogens with two attached hydrogens (primary N) is 1. The SMILES string of the molecule is Cc1nn(Cc2ccc(F)cc2)c2sc(C(=O)N3Cc4ccccc4C[C@H]3C(N)=O)cc12. The molecule has 0 fully saturated rings. The molecule has 2 amide bonds. The Morgan fingerprint density at radius 3 is 2.59 bits per heavy atom. The molecule has 3 heterocycles. The number of amides is 2. The first-order chi connectivity index (χ1) is 15.4. The summed E-state index contributed by atoms with van der Waals surface area (Å²) in [4.78, 5) is 28.6. The Hall–Kier alpha value is -3.52. The highest BCUT2D eigenvalue weighted by Crippen LogP contribution is 2.32. The highest BCUT2D eigenvalue weighted by Gasteiger charge is 2.34. The Morgan fingerprint density at radius 2 is 1.88 bits per heavy atom. The summed E-state index contributed by atoms with van der Waals surface area (Å²) in [5.41, 5.74) is 9.46. The number of benzene rings is 2. The third-order valence-electron chi connectivity index (χ3n) is 5.90. The second-order valence-corrected chi connectivity index (χ2v) is 9.05. The largest absolute Gasteiger partial charge is 0.368 e. The third-order valence-corrected chi connectivity index (χ3v) is 7.04. The van der Waals surface area contributed by atoms with E-state index in [0.29, 0.717) is 24.4 Å². The van der Waals surface area contributed by atoms with Gasteiger partial charge < -0.3 is 10.6 Å². The van der Waals surface area contributed by atoms with Crippen LogP contribution in [-0.4, -0.2) is 32.5 Å². The summed E-state index contributed by atoms with van der Waals surface area (Å²) in [6.45, 7) is 2.71. The lowest BCUT2D eigenvalue weighted by atomic mass is 9.93. The van der Waals surface area contributed by atoms with Crippen LogP contribution < -0.4 is 5.73 Å². The molecule has 32 heavy (non-hydrogen) atoms. The van der Waals surface area contributed by atoms with Gasteiger partial charge in [0.15, 0.2) is 0 Å². The zero-order chi connectivity index (χ0) is 22.4. The molecule has 5 rings (SSSR count). The molecular formula is C24H21FN4O2S. The molecule has 1 atom stereocenters. The molecule has 0 aliphatic carbocycles. The van der Waals surface area contributed by atoms with E-state index in [-0.39, 0.29) is 11.7 Å². The van der Waals surface area contributed by atoms with Gasteiger partial charge >= 0.3 is 0 Å². The molecule has 1 aliphatic rings. The number of rotatable bonds is 4. The van der Waals surface area contributed by atoms with E-state index in [1.54, 1.807) is 17.0 Å². The first kappa shape index (κ1) is 20.4. The van der Waals surface area contributed by atoms with E-state index in [9.17, 15) is 14.0 Å². The van der Waals surface area contributed by atoms with Gasteiger partial charge in [-0.05, 0) is 41.8 Å². The van der Waals surface area contributed by atoms with E-state index in [0.717, 1.165) is 32.6 Å². The highest BCUT2D eigenvalue weighted by atomic mass is 32.1. The molecule has 6 nitrogen and oxygen atoms in total. The number of fused-ring (bicyclic) bond motifs is 2. The van der Waals surface area contributed by atoms with Crippen molar-refractivity contribution < 1.29 is 14.0 Å². The molecule has 0 saturated carbocycles. The van der Waals surface area contributed by atoms with Crippen LogP contribution in [0.3, 0.4) is 0 Å². The molecule has 2 aromatic heterocycles. The van der Waals surface area contributed by atoms with Crippen LogP contribution in [-0.2, 0) is 24.3 Å². The van der Waals surface area contributed by atoms with Crippen molar-refractivity contribution in [2.75, 3.05) is 0 Å². The Morgan fingerprint density at radius 1 is 1.16 bits per heavy atom. The maximum absolute atomic E-state index is 13.5. The number of aromatic nitrogens is 2. The van der Waals surface area contributed by atoms with E-state index in [4.69, 9.17) is 5.73 Å². The zero-order valence-electron chi connectivity index (χ0n) is 17.4. The molecule has 8 heteroatoms. The van der Waals surface area contributed by atoms with E-state index in [1.165, 1.54) is 23.5 Å². The fourth-order valence-electron chi connectivity index (χ4n) is 4.22. The first-order valence-corrected chi connectivity index (χ1v) is 11.1. The molecule has 2 N–H and O–H groups in total. The van der Waals surface area contributed by atoms with E-state index in [1.807, 2.05) is 41.9 Å². The van der Waals surface area contributed by atoms with Crippen molar-refractivity contribution in [2.45, 2.75) is 32.5 Å². The number of carbonyl (C=O) groups is 2. The first-order valence-electron chi connectivity index (χ1n) is 10.3. The van der Waals surface area contributed by atoms with Crippen LogP contribution in [0.2, 0.25) is 0 Å². The van der Waals surface area contributed by atoms with Gasteiger partial charge in [0.25, 0.3) is 5.91 Å². The van der Waals surface area contributed by atoms with Gasteiger partial charge in [-0.1, -0.05) is 36.4 Å². The molecule has 0 unspecified atom stereocenters. The van der Waals surface area contributed by atoms with Crippen molar-refractivity contribution in [3.8, 4) is 0 Å². The molecule has 1 aliphatic heterocycles. The molecule has 0 radical (unpaired) electrons. The molecular weight excluding hydrogens is 427 g/mol. The van der Waals surface area contributed by atoms with E-state index >= 15 is 0 Å². The summed E-state index contributed by atoms with van der Waals surface area (Å²) in [6, 6.07) is 15.2. The Kier molecular flexibility index (Phi) is 5.01.